The third-order valence-corrected chi connectivity index (χ3v) is 10.5. The van der Waals surface area contributed by atoms with Gasteiger partial charge in [-0.05, 0) is 60.6 Å². The number of hydrogen-bond acceptors (Lipinski definition) is 9. The Morgan fingerprint density at radius 3 is 2.55 bits per heavy atom. The number of amides is 3. The van der Waals surface area contributed by atoms with E-state index in [1.807, 2.05) is 37.3 Å². The summed E-state index contributed by atoms with van der Waals surface area (Å²) in [5, 5.41) is 7.58. The zero-order valence-corrected chi connectivity index (χ0v) is 28.2. The van der Waals surface area contributed by atoms with Gasteiger partial charge in [0.25, 0.3) is 11.8 Å². The molecule has 2 aromatic carbocycles. The van der Waals surface area contributed by atoms with E-state index in [1.54, 1.807) is 22.0 Å². The van der Waals surface area contributed by atoms with Crippen molar-refractivity contribution in [2.45, 2.75) is 87.9 Å². The first kappa shape index (κ1) is 35.3. The number of halogens is 2. The van der Waals surface area contributed by atoms with Gasteiger partial charge in [-0.3, -0.25) is 25.5 Å². The van der Waals surface area contributed by atoms with Crippen LogP contribution in [0.1, 0.15) is 71.6 Å². The Bertz CT molecular complexity index is 1570. The SMILES string of the molecule is COC1N[C@H](C(=O)N2CC(F)(F)CC23CC3)CC1CC(=O)N1Cc2cccc(CN(N)CC(C)(N)c3ccc(C(=O)NCCN)cc3)c2C1. The number of rotatable bonds is 12. The predicted molar refractivity (Wildman–Crippen MR) is 178 cm³/mol. The molecule has 3 fully saturated rings. The molecule has 1 aliphatic carbocycles. The first-order chi connectivity index (χ1) is 23.2. The molecule has 1 spiro atoms. The van der Waals surface area contributed by atoms with E-state index in [2.05, 4.69) is 10.6 Å². The smallest absolute Gasteiger partial charge is 0.267 e. The van der Waals surface area contributed by atoms with Crippen molar-refractivity contribution in [2.24, 2.45) is 23.2 Å². The van der Waals surface area contributed by atoms with Gasteiger partial charge >= 0.3 is 0 Å². The van der Waals surface area contributed by atoms with Gasteiger partial charge in [-0.15, -0.1) is 0 Å². The first-order valence-corrected chi connectivity index (χ1v) is 17.0. The summed E-state index contributed by atoms with van der Waals surface area (Å²) in [5.41, 5.74) is 15.1. The molecule has 12 nitrogen and oxygen atoms in total. The Morgan fingerprint density at radius 2 is 1.88 bits per heavy atom. The topological polar surface area (TPSA) is 172 Å². The fourth-order valence-electron chi connectivity index (χ4n) is 7.82. The summed E-state index contributed by atoms with van der Waals surface area (Å²) in [6.07, 6.45) is 0.918. The second kappa shape index (κ2) is 13.6. The Kier molecular flexibility index (Phi) is 9.83. The molecule has 3 aliphatic heterocycles. The van der Waals surface area contributed by atoms with Gasteiger partial charge in [0.2, 0.25) is 11.8 Å². The summed E-state index contributed by atoms with van der Waals surface area (Å²) in [5.74, 6) is 2.79. The molecular weight excluding hydrogens is 634 g/mol. The lowest BCUT2D eigenvalue weighted by atomic mass is 9.91. The van der Waals surface area contributed by atoms with Crippen LogP contribution in [0, 0.1) is 5.92 Å². The Hall–Kier alpha value is -3.53. The van der Waals surface area contributed by atoms with Crippen molar-refractivity contribution in [1.29, 1.82) is 0 Å². The molecule has 4 aliphatic rings. The molecule has 1 saturated carbocycles. The molecule has 14 heteroatoms. The Morgan fingerprint density at radius 1 is 1.14 bits per heavy atom. The third-order valence-electron chi connectivity index (χ3n) is 10.5. The molecule has 2 aromatic rings. The molecule has 0 aromatic heterocycles. The van der Waals surface area contributed by atoms with Gasteiger partial charge in [-0.1, -0.05) is 30.3 Å². The number of nitrogens with two attached hydrogens (primary N) is 3. The number of alkyl halides is 2. The molecule has 0 radical (unpaired) electrons. The fourth-order valence-corrected chi connectivity index (χ4v) is 7.82. The minimum atomic E-state index is -2.87. The van der Waals surface area contributed by atoms with Crippen molar-refractivity contribution in [3.63, 3.8) is 0 Å². The summed E-state index contributed by atoms with van der Waals surface area (Å²) < 4.78 is 34.1. The number of methoxy groups -OCH3 is 1. The van der Waals surface area contributed by atoms with E-state index in [1.165, 1.54) is 12.0 Å². The van der Waals surface area contributed by atoms with Crippen LogP contribution in [0.25, 0.3) is 0 Å². The normalized spacial score (nSPS) is 24.7. The highest BCUT2D eigenvalue weighted by Gasteiger charge is 2.63. The van der Waals surface area contributed by atoms with Crippen molar-refractivity contribution in [3.8, 4) is 0 Å². The Labute approximate surface area is 285 Å². The highest BCUT2D eigenvalue weighted by molar-refractivity contribution is 5.94. The maximum Gasteiger partial charge on any atom is 0.267 e. The van der Waals surface area contributed by atoms with Crippen molar-refractivity contribution >= 4 is 17.7 Å². The summed E-state index contributed by atoms with van der Waals surface area (Å²) in [6, 6.07) is 12.4. The molecule has 3 amide bonds. The lowest BCUT2D eigenvalue weighted by molar-refractivity contribution is -0.136. The van der Waals surface area contributed by atoms with E-state index < -0.39 is 35.8 Å². The van der Waals surface area contributed by atoms with Gasteiger partial charge < -0.3 is 31.3 Å². The van der Waals surface area contributed by atoms with Crippen molar-refractivity contribution in [1.82, 2.24) is 25.4 Å². The lowest BCUT2D eigenvalue weighted by Crippen LogP contribution is -2.48. The zero-order chi connectivity index (χ0) is 35.1. The lowest BCUT2D eigenvalue weighted by Gasteiger charge is -2.31. The van der Waals surface area contributed by atoms with Crippen LogP contribution >= 0.6 is 0 Å². The highest BCUT2D eigenvalue weighted by Crippen LogP contribution is 2.54. The molecule has 0 bridgehead atoms. The van der Waals surface area contributed by atoms with Crippen LogP contribution in [0.3, 0.4) is 0 Å². The van der Waals surface area contributed by atoms with Crippen LogP contribution in [0.15, 0.2) is 42.5 Å². The number of carbonyl (C=O) groups is 3. The number of hydrazine groups is 1. The minimum Gasteiger partial charge on any atom is -0.366 e. The van der Waals surface area contributed by atoms with Crippen LogP contribution in [-0.2, 0) is 39.5 Å². The minimum absolute atomic E-state index is 0.0604. The van der Waals surface area contributed by atoms with E-state index in [4.69, 9.17) is 22.0 Å². The standard InChI is InChI=1S/C35H48F2N8O4/c1-33(39,26-8-6-22(7-9-26)30(47)41-13-12-38)20-44(40)17-24-5-3-4-23-16-43(18-27(23)24)29(46)15-25-14-28(42-31(25)49-2)32(48)45-21-35(36,37)19-34(45)10-11-34/h3-9,25,28,31,42H,10-21,38-40H2,1-2H3,(H,41,47)/t25?,28-,31?,33?/m0/s1. The van der Waals surface area contributed by atoms with E-state index >= 15 is 0 Å². The summed E-state index contributed by atoms with van der Waals surface area (Å²) in [4.78, 5) is 42.4. The Balaban J connectivity index is 1.04. The maximum absolute atomic E-state index is 14.2. The van der Waals surface area contributed by atoms with Crippen molar-refractivity contribution in [2.75, 3.05) is 33.3 Å². The van der Waals surface area contributed by atoms with E-state index in [0.717, 1.165) is 22.3 Å². The van der Waals surface area contributed by atoms with Crippen molar-refractivity contribution in [3.05, 3.63) is 70.3 Å². The number of nitrogens with one attached hydrogen (secondary N) is 2. The first-order valence-electron chi connectivity index (χ1n) is 17.0. The quantitative estimate of drug-likeness (QED) is 0.164. The van der Waals surface area contributed by atoms with Gasteiger partial charge in [0.1, 0.15) is 6.23 Å². The number of likely N-dealkylation sites (tertiary alicyclic amines) is 1. The van der Waals surface area contributed by atoms with E-state index in [0.29, 0.717) is 64.1 Å². The fraction of sp³-hybridized carbons (Fsp3) is 0.571. The van der Waals surface area contributed by atoms with Crippen LogP contribution in [-0.4, -0.2) is 89.6 Å². The van der Waals surface area contributed by atoms with Gasteiger partial charge in [-0.2, -0.15) is 0 Å². The van der Waals surface area contributed by atoms with Crippen LogP contribution < -0.4 is 27.9 Å². The summed E-state index contributed by atoms with van der Waals surface area (Å²) in [7, 11) is 1.52. The van der Waals surface area contributed by atoms with Gasteiger partial charge in [0.15, 0.2) is 0 Å². The molecule has 6 rings (SSSR count). The second-order valence-electron chi connectivity index (χ2n) is 14.5. The molecule has 3 heterocycles. The molecule has 8 N–H and O–H groups in total. The van der Waals surface area contributed by atoms with Gasteiger partial charge in [0, 0.05) is 76.2 Å². The predicted octanol–water partition coefficient (Wildman–Crippen LogP) is 1.51. The van der Waals surface area contributed by atoms with Gasteiger partial charge in [0.05, 0.1) is 18.1 Å². The molecule has 266 valence electrons. The molecule has 2 saturated heterocycles. The summed E-state index contributed by atoms with van der Waals surface area (Å²) in [6.45, 7) is 3.73. The van der Waals surface area contributed by atoms with Crippen LogP contribution in [0.5, 0.6) is 0 Å². The van der Waals surface area contributed by atoms with Crippen LogP contribution in [0.2, 0.25) is 0 Å². The average Bonchev–Trinajstić information content (AvgIpc) is 3.38. The number of nitrogens with zero attached hydrogens (tertiary/aromatic N) is 3. The molecular formula is C35H48F2N8O4. The monoisotopic (exact) mass is 682 g/mol. The van der Waals surface area contributed by atoms with Crippen LogP contribution in [0.4, 0.5) is 8.78 Å². The largest absolute Gasteiger partial charge is 0.366 e. The van der Waals surface area contributed by atoms with Crippen molar-refractivity contribution < 1.29 is 27.9 Å². The van der Waals surface area contributed by atoms with Gasteiger partial charge in [-0.25, -0.2) is 13.8 Å². The second-order valence-corrected chi connectivity index (χ2v) is 14.5. The number of benzene rings is 2. The molecule has 49 heavy (non-hydrogen) atoms. The van der Waals surface area contributed by atoms with E-state index in [9.17, 15) is 23.2 Å². The highest BCUT2D eigenvalue weighted by atomic mass is 19.3. The number of fused-ring (bicyclic) bond motifs is 1. The van der Waals surface area contributed by atoms with E-state index in [-0.39, 0.29) is 36.5 Å². The number of ether oxygens (including phenoxy) is 1. The molecule has 3 unspecified atom stereocenters. The maximum atomic E-state index is 14.2. The third kappa shape index (κ3) is 7.49. The number of hydrogen-bond donors (Lipinski definition) is 5. The zero-order valence-electron chi connectivity index (χ0n) is 28.2. The number of carbonyl (C=O) groups excluding carboxylic acids is 3. The molecule has 4 atom stereocenters. The summed E-state index contributed by atoms with van der Waals surface area (Å²) >= 11 is 0. The average molecular weight is 683 g/mol.